The Morgan fingerprint density at radius 1 is 1.29 bits per heavy atom. The lowest BCUT2D eigenvalue weighted by Gasteiger charge is -2.34. The lowest BCUT2D eigenvalue weighted by Crippen LogP contribution is -2.42. The van der Waals surface area contributed by atoms with Crippen LogP contribution in [0.4, 0.5) is 0 Å². The zero-order valence-corrected chi connectivity index (χ0v) is 13.5. The van der Waals surface area contributed by atoms with Crippen molar-refractivity contribution in [3.63, 3.8) is 0 Å². The Balaban J connectivity index is 2.00. The molecule has 1 fully saturated rings. The largest absolute Gasteiger partial charge is 0.336 e. The lowest BCUT2D eigenvalue weighted by atomic mass is 9.99. The predicted molar refractivity (Wildman–Crippen MR) is 89.2 cm³/mol. The average Bonchev–Trinajstić information content (AvgIpc) is 2.52. The molecule has 0 radical (unpaired) electrons. The van der Waals surface area contributed by atoms with Crippen molar-refractivity contribution in [1.82, 2.24) is 4.90 Å². The molecule has 0 N–H and O–H groups in total. The minimum Gasteiger partial charge on any atom is -0.336 e. The van der Waals surface area contributed by atoms with Crippen LogP contribution in [0, 0.1) is 0 Å². The molecule has 1 heterocycles. The van der Waals surface area contributed by atoms with E-state index in [0.29, 0.717) is 12.0 Å². The van der Waals surface area contributed by atoms with Gasteiger partial charge in [0.25, 0.3) is 0 Å². The fraction of sp³-hybridized carbons (Fsp3) is 0.526. The molecule has 0 aliphatic carbocycles. The van der Waals surface area contributed by atoms with Crippen molar-refractivity contribution in [1.29, 1.82) is 0 Å². The molecule has 1 aromatic rings. The Kier molecular flexibility index (Phi) is 5.60. The summed E-state index contributed by atoms with van der Waals surface area (Å²) in [6.07, 6.45) is 8.27. The van der Waals surface area contributed by atoms with Gasteiger partial charge in [-0.1, -0.05) is 45.0 Å². The number of hydrogen-bond donors (Lipinski definition) is 0. The number of likely N-dealkylation sites (tertiary alicyclic amines) is 1. The standard InChI is InChI=1S/C19H27NO/c1-4-18-7-5-6-14-20(18)19(21)13-10-16-8-11-17(12-9-16)15(2)3/h8-13,15,18H,4-7,14H2,1-3H3/b13-10+/t18-/m1/s1. The van der Waals surface area contributed by atoms with Gasteiger partial charge in [-0.3, -0.25) is 4.79 Å². The summed E-state index contributed by atoms with van der Waals surface area (Å²) in [5, 5.41) is 0. The molecule has 21 heavy (non-hydrogen) atoms. The first kappa shape index (κ1) is 15.8. The summed E-state index contributed by atoms with van der Waals surface area (Å²) in [6, 6.07) is 8.90. The van der Waals surface area contributed by atoms with Crippen LogP contribution in [-0.2, 0) is 4.79 Å². The second kappa shape index (κ2) is 7.44. The molecule has 114 valence electrons. The summed E-state index contributed by atoms with van der Waals surface area (Å²) < 4.78 is 0. The Morgan fingerprint density at radius 2 is 2.00 bits per heavy atom. The summed E-state index contributed by atoms with van der Waals surface area (Å²) in [5.74, 6) is 0.706. The number of amides is 1. The predicted octanol–water partition coefficient (Wildman–Crippen LogP) is 4.61. The lowest BCUT2D eigenvalue weighted by molar-refractivity contribution is -0.129. The number of hydrogen-bond acceptors (Lipinski definition) is 1. The van der Waals surface area contributed by atoms with E-state index in [1.54, 1.807) is 6.08 Å². The van der Waals surface area contributed by atoms with E-state index < -0.39 is 0 Å². The number of benzene rings is 1. The SMILES string of the molecule is CC[C@@H]1CCCCN1C(=O)/C=C/c1ccc(C(C)C)cc1. The second-order valence-electron chi connectivity index (χ2n) is 6.24. The molecule has 0 bridgehead atoms. The van der Waals surface area contributed by atoms with Crippen LogP contribution in [0.15, 0.2) is 30.3 Å². The summed E-state index contributed by atoms with van der Waals surface area (Å²) in [7, 11) is 0. The van der Waals surface area contributed by atoms with E-state index >= 15 is 0 Å². The highest BCUT2D eigenvalue weighted by Gasteiger charge is 2.23. The minimum atomic E-state index is 0.162. The first-order valence-electron chi connectivity index (χ1n) is 8.20. The fourth-order valence-corrected chi connectivity index (χ4v) is 2.97. The second-order valence-corrected chi connectivity index (χ2v) is 6.24. The average molecular weight is 285 g/mol. The van der Waals surface area contributed by atoms with Gasteiger partial charge in [0.05, 0.1) is 0 Å². The van der Waals surface area contributed by atoms with Crippen LogP contribution < -0.4 is 0 Å². The van der Waals surface area contributed by atoms with Crippen molar-refractivity contribution >= 4 is 12.0 Å². The van der Waals surface area contributed by atoms with E-state index in [0.717, 1.165) is 31.4 Å². The van der Waals surface area contributed by atoms with Gasteiger partial charge in [0.2, 0.25) is 5.91 Å². The van der Waals surface area contributed by atoms with Crippen molar-refractivity contribution < 1.29 is 4.79 Å². The topological polar surface area (TPSA) is 20.3 Å². The monoisotopic (exact) mass is 285 g/mol. The van der Waals surface area contributed by atoms with Crippen LogP contribution in [0.2, 0.25) is 0 Å². The van der Waals surface area contributed by atoms with Crippen molar-refractivity contribution in [2.75, 3.05) is 6.54 Å². The van der Waals surface area contributed by atoms with Gasteiger partial charge in [-0.25, -0.2) is 0 Å². The Bertz CT molecular complexity index is 487. The van der Waals surface area contributed by atoms with E-state index in [1.807, 2.05) is 11.0 Å². The zero-order chi connectivity index (χ0) is 15.2. The fourth-order valence-electron chi connectivity index (χ4n) is 2.97. The van der Waals surface area contributed by atoms with Crippen LogP contribution in [0.5, 0.6) is 0 Å². The third kappa shape index (κ3) is 4.20. The number of carbonyl (C=O) groups is 1. The van der Waals surface area contributed by atoms with Crippen molar-refractivity contribution in [2.24, 2.45) is 0 Å². The number of rotatable bonds is 4. The first-order valence-corrected chi connectivity index (χ1v) is 8.20. The van der Waals surface area contributed by atoms with Gasteiger partial charge in [0.1, 0.15) is 0 Å². The van der Waals surface area contributed by atoms with Crippen LogP contribution in [0.3, 0.4) is 0 Å². The molecule has 2 rings (SSSR count). The van der Waals surface area contributed by atoms with Crippen molar-refractivity contribution in [3.05, 3.63) is 41.5 Å². The van der Waals surface area contributed by atoms with E-state index in [-0.39, 0.29) is 5.91 Å². The molecule has 1 aliphatic heterocycles. The van der Waals surface area contributed by atoms with Gasteiger partial charge in [-0.2, -0.15) is 0 Å². The molecule has 1 aromatic carbocycles. The molecule has 1 aliphatic rings. The molecule has 0 unspecified atom stereocenters. The van der Waals surface area contributed by atoms with E-state index in [2.05, 4.69) is 45.0 Å². The van der Waals surface area contributed by atoms with Crippen molar-refractivity contribution in [3.8, 4) is 0 Å². The smallest absolute Gasteiger partial charge is 0.246 e. The van der Waals surface area contributed by atoms with Crippen LogP contribution in [-0.4, -0.2) is 23.4 Å². The minimum absolute atomic E-state index is 0.162. The summed E-state index contributed by atoms with van der Waals surface area (Å²) in [5.41, 5.74) is 2.43. The molecule has 0 spiro atoms. The van der Waals surface area contributed by atoms with Gasteiger partial charge in [-0.05, 0) is 48.8 Å². The molecular weight excluding hydrogens is 258 g/mol. The highest BCUT2D eigenvalue weighted by Crippen LogP contribution is 2.20. The van der Waals surface area contributed by atoms with Gasteiger partial charge in [0, 0.05) is 18.7 Å². The van der Waals surface area contributed by atoms with E-state index in [1.165, 1.54) is 12.0 Å². The maximum absolute atomic E-state index is 12.4. The molecule has 1 atom stereocenters. The molecule has 2 heteroatoms. The van der Waals surface area contributed by atoms with Gasteiger partial charge in [0.15, 0.2) is 0 Å². The third-order valence-corrected chi connectivity index (χ3v) is 4.40. The third-order valence-electron chi connectivity index (χ3n) is 4.40. The highest BCUT2D eigenvalue weighted by atomic mass is 16.2. The van der Waals surface area contributed by atoms with Crippen LogP contribution >= 0.6 is 0 Å². The van der Waals surface area contributed by atoms with Gasteiger partial charge >= 0.3 is 0 Å². The summed E-state index contributed by atoms with van der Waals surface area (Å²) >= 11 is 0. The first-order chi connectivity index (χ1) is 10.1. The molecular formula is C19H27NO. The quantitative estimate of drug-likeness (QED) is 0.739. The van der Waals surface area contributed by atoms with Crippen LogP contribution in [0.25, 0.3) is 6.08 Å². The molecule has 2 nitrogen and oxygen atoms in total. The summed E-state index contributed by atoms with van der Waals surface area (Å²) in [6.45, 7) is 7.46. The van der Waals surface area contributed by atoms with E-state index in [4.69, 9.17) is 0 Å². The highest BCUT2D eigenvalue weighted by molar-refractivity contribution is 5.92. The van der Waals surface area contributed by atoms with Crippen molar-refractivity contribution in [2.45, 2.75) is 58.4 Å². The Hall–Kier alpha value is -1.57. The molecule has 1 amide bonds. The molecule has 0 saturated carbocycles. The van der Waals surface area contributed by atoms with Gasteiger partial charge < -0.3 is 4.90 Å². The Morgan fingerprint density at radius 3 is 2.62 bits per heavy atom. The number of piperidine rings is 1. The summed E-state index contributed by atoms with van der Waals surface area (Å²) in [4.78, 5) is 14.4. The zero-order valence-electron chi connectivity index (χ0n) is 13.5. The maximum atomic E-state index is 12.4. The van der Waals surface area contributed by atoms with E-state index in [9.17, 15) is 4.79 Å². The Labute approximate surface area is 128 Å². The normalized spacial score (nSPS) is 19.4. The van der Waals surface area contributed by atoms with Crippen LogP contribution in [0.1, 0.15) is 63.5 Å². The maximum Gasteiger partial charge on any atom is 0.246 e. The molecule has 1 saturated heterocycles. The number of nitrogens with zero attached hydrogens (tertiary/aromatic N) is 1. The van der Waals surface area contributed by atoms with Gasteiger partial charge in [-0.15, -0.1) is 0 Å². The number of carbonyl (C=O) groups excluding carboxylic acids is 1. The molecule has 0 aromatic heterocycles.